The quantitative estimate of drug-likeness (QED) is 0.901. The molecular formula is C14H20ClN2OS+. The summed E-state index contributed by atoms with van der Waals surface area (Å²) in [6.07, 6.45) is 0.872. The molecule has 0 saturated carbocycles. The minimum Gasteiger partial charge on any atom is -0.347 e. The lowest BCUT2D eigenvalue weighted by Crippen LogP contribution is -2.81. The molecule has 1 aliphatic rings. The predicted octanol–water partition coefficient (Wildman–Crippen LogP) is 1.89. The lowest BCUT2D eigenvalue weighted by atomic mass is 10.2. The van der Waals surface area contributed by atoms with Crippen molar-refractivity contribution < 1.29 is 10.1 Å². The lowest BCUT2D eigenvalue weighted by Gasteiger charge is -2.23. The third-order valence-electron chi connectivity index (χ3n) is 3.34. The summed E-state index contributed by atoms with van der Waals surface area (Å²) < 4.78 is 0. The summed E-state index contributed by atoms with van der Waals surface area (Å²) in [5.74, 6) is 0.249. The van der Waals surface area contributed by atoms with Gasteiger partial charge in [-0.3, -0.25) is 4.79 Å². The second-order valence-corrected chi connectivity index (χ2v) is 6.33. The zero-order valence-corrected chi connectivity index (χ0v) is 12.9. The number of carbonyl (C=O) groups is 1. The largest absolute Gasteiger partial charge is 0.347 e. The van der Waals surface area contributed by atoms with Gasteiger partial charge in [-0.05, 0) is 12.5 Å². The van der Waals surface area contributed by atoms with E-state index in [9.17, 15) is 4.79 Å². The Morgan fingerprint density at radius 2 is 2.16 bits per heavy atom. The first-order valence-corrected chi connectivity index (χ1v) is 7.99. The van der Waals surface area contributed by atoms with Crippen LogP contribution in [0, 0.1) is 0 Å². The Hall–Kier alpha value is -0.710. The second kappa shape index (κ2) is 6.64. The zero-order valence-electron chi connectivity index (χ0n) is 11.3. The molecule has 1 fully saturated rings. The van der Waals surface area contributed by atoms with E-state index in [-0.39, 0.29) is 16.5 Å². The van der Waals surface area contributed by atoms with Crippen LogP contribution in [0.4, 0.5) is 0 Å². The fourth-order valence-corrected chi connectivity index (χ4v) is 4.04. The molecule has 1 heterocycles. The number of quaternary nitrogens is 1. The van der Waals surface area contributed by atoms with Crippen molar-refractivity contribution in [1.82, 2.24) is 4.90 Å². The van der Waals surface area contributed by atoms with Crippen molar-refractivity contribution in [3.63, 3.8) is 0 Å². The summed E-state index contributed by atoms with van der Waals surface area (Å²) >= 11 is 8.01. The van der Waals surface area contributed by atoms with E-state index in [1.807, 2.05) is 36.2 Å². The topological polar surface area (TPSA) is 36.9 Å². The van der Waals surface area contributed by atoms with Crippen LogP contribution in [-0.4, -0.2) is 36.2 Å². The molecule has 2 atom stereocenters. The van der Waals surface area contributed by atoms with Crippen molar-refractivity contribution in [2.45, 2.75) is 24.0 Å². The van der Waals surface area contributed by atoms with Crippen molar-refractivity contribution in [3.8, 4) is 0 Å². The van der Waals surface area contributed by atoms with E-state index < -0.39 is 0 Å². The molecule has 1 aromatic carbocycles. The first-order chi connectivity index (χ1) is 9.19. The molecule has 1 aromatic rings. The van der Waals surface area contributed by atoms with E-state index in [2.05, 4.69) is 12.2 Å². The highest BCUT2D eigenvalue weighted by molar-refractivity contribution is 8.01. The fraction of sp³-hybridized carbons (Fsp3) is 0.500. The number of thioether (sulfide) groups is 1. The van der Waals surface area contributed by atoms with Gasteiger partial charge in [-0.2, -0.15) is 0 Å². The number of hydrogen-bond donors (Lipinski definition) is 1. The summed E-state index contributed by atoms with van der Waals surface area (Å²) in [5.41, 5.74) is 1.05. The number of halogens is 1. The molecule has 0 bridgehead atoms. The minimum absolute atomic E-state index is 0.0612. The maximum absolute atomic E-state index is 12.4. The predicted molar refractivity (Wildman–Crippen MR) is 80.3 cm³/mol. The number of carbonyl (C=O) groups excluding carboxylic acids is 1. The van der Waals surface area contributed by atoms with E-state index in [4.69, 9.17) is 11.6 Å². The molecule has 1 amide bonds. The summed E-state index contributed by atoms with van der Waals surface area (Å²) in [4.78, 5) is 14.4. The Bertz CT molecular complexity index is 455. The van der Waals surface area contributed by atoms with Gasteiger partial charge in [-0.15, -0.1) is 11.8 Å². The third kappa shape index (κ3) is 3.07. The van der Waals surface area contributed by atoms with Gasteiger partial charge in [0.15, 0.2) is 0 Å². The van der Waals surface area contributed by atoms with Crippen LogP contribution in [-0.2, 0) is 4.79 Å². The molecule has 19 heavy (non-hydrogen) atoms. The van der Waals surface area contributed by atoms with Gasteiger partial charge in [0.1, 0.15) is 5.37 Å². The maximum Gasteiger partial charge on any atom is 0.237 e. The summed E-state index contributed by atoms with van der Waals surface area (Å²) in [5, 5.41) is 2.97. The average Bonchev–Trinajstić information content (AvgIpc) is 2.73. The van der Waals surface area contributed by atoms with Crippen LogP contribution in [0.5, 0.6) is 0 Å². The van der Waals surface area contributed by atoms with Gasteiger partial charge in [-0.25, -0.2) is 0 Å². The smallest absolute Gasteiger partial charge is 0.237 e. The molecule has 104 valence electrons. The van der Waals surface area contributed by atoms with Gasteiger partial charge < -0.3 is 10.2 Å². The molecule has 3 nitrogen and oxygen atoms in total. The van der Waals surface area contributed by atoms with Crippen LogP contribution in [0.1, 0.15) is 24.3 Å². The van der Waals surface area contributed by atoms with Gasteiger partial charge in [0.25, 0.3) is 0 Å². The maximum atomic E-state index is 12.4. The zero-order chi connectivity index (χ0) is 13.8. The van der Waals surface area contributed by atoms with E-state index in [1.165, 1.54) is 0 Å². The standard InChI is InChI=1S/C14H19ClN2OS/c1-3-12-13(18)17(9-8-16-2)14(19-12)10-6-4-5-7-11(10)15/h4-7,12,14,16H,3,8-9H2,1-2H3/p+1/t12-,14+/m1/s1. The molecule has 0 unspecified atom stereocenters. The molecule has 2 N–H and O–H groups in total. The number of amides is 1. The Kier molecular flexibility index (Phi) is 5.13. The first-order valence-electron chi connectivity index (χ1n) is 6.67. The van der Waals surface area contributed by atoms with Gasteiger partial charge in [0.05, 0.1) is 25.4 Å². The molecule has 1 aliphatic heterocycles. The number of hydrogen-bond acceptors (Lipinski definition) is 2. The Balaban J connectivity index is 2.26. The van der Waals surface area contributed by atoms with Crippen molar-refractivity contribution in [2.24, 2.45) is 0 Å². The number of likely N-dealkylation sites (N-methyl/N-ethyl adjacent to an activating group) is 1. The molecule has 0 aromatic heterocycles. The Labute approximate surface area is 123 Å². The average molecular weight is 300 g/mol. The van der Waals surface area contributed by atoms with Gasteiger partial charge in [-0.1, -0.05) is 36.7 Å². The highest BCUT2D eigenvalue weighted by atomic mass is 35.5. The second-order valence-electron chi connectivity index (χ2n) is 4.64. The molecule has 0 spiro atoms. The molecule has 0 radical (unpaired) electrons. The number of nitrogens with two attached hydrogens (primary N) is 1. The van der Waals surface area contributed by atoms with Crippen LogP contribution >= 0.6 is 23.4 Å². The normalized spacial score (nSPS) is 23.1. The van der Waals surface area contributed by atoms with Crippen molar-refractivity contribution in [2.75, 3.05) is 20.1 Å². The monoisotopic (exact) mass is 299 g/mol. The SMILES string of the molecule is CC[C@H]1S[C@@H](c2ccccc2Cl)N(CC[NH2+]C)C1=O. The van der Waals surface area contributed by atoms with Crippen molar-refractivity contribution in [1.29, 1.82) is 0 Å². The van der Waals surface area contributed by atoms with Crippen molar-refractivity contribution >= 4 is 29.3 Å². The summed E-state index contributed by atoms with van der Waals surface area (Å²) in [7, 11) is 2.02. The van der Waals surface area contributed by atoms with Gasteiger partial charge >= 0.3 is 0 Å². The Morgan fingerprint density at radius 1 is 1.42 bits per heavy atom. The van der Waals surface area contributed by atoms with Gasteiger partial charge in [0.2, 0.25) is 5.91 Å². The third-order valence-corrected chi connectivity index (χ3v) is 5.31. The summed E-state index contributed by atoms with van der Waals surface area (Å²) in [6, 6.07) is 7.82. The highest BCUT2D eigenvalue weighted by Crippen LogP contribution is 2.45. The van der Waals surface area contributed by atoms with Crippen LogP contribution in [0.2, 0.25) is 5.02 Å². The number of benzene rings is 1. The van der Waals surface area contributed by atoms with Gasteiger partial charge in [0, 0.05) is 10.6 Å². The molecule has 1 saturated heterocycles. The van der Waals surface area contributed by atoms with E-state index in [0.717, 1.165) is 30.1 Å². The molecule has 0 aliphatic carbocycles. The number of rotatable bonds is 5. The van der Waals surface area contributed by atoms with Crippen LogP contribution < -0.4 is 5.32 Å². The molecular weight excluding hydrogens is 280 g/mol. The van der Waals surface area contributed by atoms with Crippen LogP contribution in [0.15, 0.2) is 24.3 Å². The lowest BCUT2D eigenvalue weighted by molar-refractivity contribution is -0.626. The van der Waals surface area contributed by atoms with Crippen molar-refractivity contribution in [3.05, 3.63) is 34.9 Å². The molecule has 5 heteroatoms. The molecule has 2 rings (SSSR count). The highest BCUT2D eigenvalue weighted by Gasteiger charge is 2.40. The van der Waals surface area contributed by atoms with Crippen LogP contribution in [0.25, 0.3) is 0 Å². The van der Waals surface area contributed by atoms with E-state index >= 15 is 0 Å². The Morgan fingerprint density at radius 3 is 2.79 bits per heavy atom. The van der Waals surface area contributed by atoms with E-state index in [1.54, 1.807) is 11.8 Å². The minimum atomic E-state index is 0.0612. The number of nitrogens with zero attached hydrogens (tertiary/aromatic N) is 1. The van der Waals surface area contributed by atoms with Crippen LogP contribution in [0.3, 0.4) is 0 Å². The van der Waals surface area contributed by atoms with E-state index in [0.29, 0.717) is 0 Å². The first kappa shape index (κ1) is 14.7. The fourth-order valence-electron chi connectivity index (χ4n) is 2.27. The summed E-state index contributed by atoms with van der Waals surface area (Å²) in [6.45, 7) is 3.76.